The Hall–Kier alpha value is -1.71. The molecule has 0 unspecified atom stereocenters. The molecular weight excluding hydrogens is 402 g/mol. The first kappa shape index (κ1) is 18.1. The Morgan fingerprint density at radius 3 is 2.83 bits per heavy atom. The Morgan fingerprint density at radius 1 is 1.21 bits per heavy atom. The molecule has 4 aliphatic rings. The first-order chi connectivity index (χ1) is 13.9. The zero-order chi connectivity index (χ0) is 19.9. The van der Waals surface area contributed by atoms with Crippen molar-refractivity contribution in [2.45, 2.75) is 37.0 Å². The number of morpholine rings is 1. The summed E-state index contributed by atoms with van der Waals surface area (Å²) in [7, 11) is 1.96. The summed E-state index contributed by atoms with van der Waals surface area (Å²) in [6, 6.07) is 2.01. The van der Waals surface area contributed by atoms with Gasteiger partial charge in [-0.2, -0.15) is 0 Å². The summed E-state index contributed by atoms with van der Waals surface area (Å²) >= 11 is 6.36. The van der Waals surface area contributed by atoms with Crippen molar-refractivity contribution in [3.8, 4) is 0 Å². The van der Waals surface area contributed by atoms with Crippen LogP contribution in [0.1, 0.15) is 12.8 Å². The van der Waals surface area contributed by atoms with E-state index in [1.54, 1.807) is 0 Å². The van der Waals surface area contributed by atoms with Gasteiger partial charge in [0, 0.05) is 51.8 Å². The predicted molar refractivity (Wildman–Crippen MR) is 106 cm³/mol. The number of aromatic nitrogens is 3. The lowest BCUT2D eigenvalue weighted by Crippen LogP contribution is -2.50. The molecule has 3 atom stereocenters. The molecule has 4 fully saturated rings. The highest BCUT2D eigenvalue weighted by atomic mass is 35.5. The third kappa shape index (κ3) is 2.81. The maximum absolute atomic E-state index is 13.8. The number of halogens is 3. The minimum absolute atomic E-state index is 0.0804. The van der Waals surface area contributed by atoms with Crippen LogP contribution in [0.4, 0.5) is 20.5 Å². The van der Waals surface area contributed by atoms with Gasteiger partial charge in [-0.25, -0.2) is 18.7 Å². The zero-order valence-electron chi connectivity index (χ0n) is 16.2. The normalized spacial score (nSPS) is 31.2. The van der Waals surface area contributed by atoms with Gasteiger partial charge in [-0.1, -0.05) is 11.6 Å². The van der Waals surface area contributed by atoms with E-state index < -0.39 is 5.92 Å². The van der Waals surface area contributed by atoms with Crippen molar-refractivity contribution in [2.75, 3.05) is 49.1 Å². The smallest absolute Gasteiger partial charge is 0.262 e. The molecular formula is C19H23ClF2N6O. The molecule has 0 amide bonds. The van der Waals surface area contributed by atoms with Crippen LogP contribution >= 0.6 is 11.6 Å². The van der Waals surface area contributed by atoms with Gasteiger partial charge in [0.05, 0.1) is 30.8 Å². The molecule has 7 nitrogen and oxygen atoms in total. The number of nitrogens with zero attached hydrogens (tertiary/aromatic N) is 6. The van der Waals surface area contributed by atoms with Crippen LogP contribution in [0, 0.1) is 0 Å². The van der Waals surface area contributed by atoms with Crippen LogP contribution in [0.5, 0.6) is 0 Å². The molecule has 0 aliphatic carbocycles. The largest absolute Gasteiger partial charge is 0.374 e. The van der Waals surface area contributed by atoms with Crippen molar-refractivity contribution in [3.63, 3.8) is 0 Å². The van der Waals surface area contributed by atoms with Crippen LogP contribution in [-0.2, 0) is 11.8 Å². The maximum atomic E-state index is 13.8. The van der Waals surface area contributed by atoms with Gasteiger partial charge < -0.3 is 19.1 Å². The molecule has 6 heterocycles. The van der Waals surface area contributed by atoms with Gasteiger partial charge in [0.15, 0.2) is 5.82 Å². The van der Waals surface area contributed by atoms with Crippen molar-refractivity contribution in [1.82, 2.24) is 19.4 Å². The number of aryl methyl sites for hydroxylation is 1. The Morgan fingerprint density at radius 2 is 2.07 bits per heavy atom. The number of fused-ring (bicyclic) bond motifs is 4. The van der Waals surface area contributed by atoms with E-state index in [2.05, 4.69) is 14.8 Å². The monoisotopic (exact) mass is 424 g/mol. The molecule has 6 rings (SSSR count). The Balaban J connectivity index is 1.37. The van der Waals surface area contributed by atoms with E-state index in [0.717, 1.165) is 35.8 Å². The fourth-order valence-electron chi connectivity index (χ4n) is 5.45. The minimum Gasteiger partial charge on any atom is -0.374 e. The summed E-state index contributed by atoms with van der Waals surface area (Å²) in [5.74, 6) is -0.994. The topological polar surface area (TPSA) is 49.7 Å². The van der Waals surface area contributed by atoms with Gasteiger partial charge >= 0.3 is 0 Å². The van der Waals surface area contributed by atoms with E-state index in [-0.39, 0.29) is 25.1 Å². The standard InChI is InChI=1S/C19H23ClF2N6O/c1-25-14-5-15(20)23-17(28-8-13-4-11(28)9-29-13)16(14)24-18(25)26-2-3-27-10-19(21,22)6-12(27)7-26/h5,11-13H,2-4,6-10H2,1H3/t11-,12-,13-/m1/s1. The Labute approximate surface area is 172 Å². The molecule has 156 valence electrons. The number of rotatable bonds is 2. The van der Waals surface area contributed by atoms with Gasteiger partial charge in [0.1, 0.15) is 10.7 Å². The summed E-state index contributed by atoms with van der Waals surface area (Å²) in [6.45, 7) is 3.25. The molecule has 2 bridgehead atoms. The highest BCUT2D eigenvalue weighted by Gasteiger charge is 2.47. The molecule has 0 spiro atoms. The molecule has 4 saturated heterocycles. The molecule has 10 heteroatoms. The molecule has 0 radical (unpaired) electrons. The number of hydrogen-bond acceptors (Lipinski definition) is 6. The summed E-state index contributed by atoms with van der Waals surface area (Å²) in [5.41, 5.74) is 1.73. The van der Waals surface area contributed by atoms with Crippen LogP contribution < -0.4 is 9.80 Å². The van der Waals surface area contributed by atoms with Gasteiger partial charge in [0.25, 0.3) is 5.92 Å². The van der Waals surface area contributed by atoms with Gasteiger partial charge in [-0.3, -0.25) is 4.90 Å². The minimum atomic E-state index is -2.59. The number of imidazole rings is 1. The summed E-state index contributed by atoms with van der Waals surface area (Å²) in [5, 5.41) is 0.436. The number of hydrogen-bond donors (Lipinski definition) is 0. The van der Waals surface area contributed by atoms with E-state index in [1.807, 2.05) is 22.6 Å². The molecule has 29 heavy (non-hydrogen) atoms. The average Bonchev–Trinajstić information content (AvgIpc) is 3.42. The second kappa shape index (κ2) is 6.15. The Bertz CT molecular complexity index is 983. The number of alkyl halides is 2. The second-order valence-corrected chi connectivity index (χ2v) is 9.12. The van der Waals surface area contributed by atoms with Crippen LogP contribution in [0.2, 0.25) is 5.15 Å². The summed E-state index contributed by atoms with van der Waals surface area (Å²) < 4.78 is 35.4. The van der Waals surface area contributed by atoms with Gasteiger partial charge in [-0.05, 0) is 6.42 Å². The SMILES string of the molecule is Cn1c(N2CCN3CC(F)(F)C[C@@H]3C2)nc2c(N3C[C@H]4C[C@@H]3CO4)nc(Cl)cc21. The molecule has 0 aromatic carbocycles. The lowest BCUT2D eigenvalue weighted by molar-refractivity contribution is 0.0125. The maximum Gasteiger partial charge on any atom is 0.262 e. The van der Waals surface area contributed by atoms with Crippen molar-refractivity contribution >= 4 is 34.4 Å². The number of piperazine rings is 1. The molecule has 0 saturated carbocycles. The Kier molecular flexibility index (Phi) is 3.84. The summed E-state index contributed by atoms with van der Waals surface area (Å²) in [6.07, 6.45) is 1.17. The first-order valence-electron chi connectivity index (χ1n) is 10.2. The highest BCUT2D eigenvalue weighted by molar-refractivity contribution is 6.30. The molecule has 2 aromatic heterocycles. The molecule has 2 aromatic rings. The van der Waals surface area contributed by atoms with Crippen molar-refractivity contribution in [1.29, 1.82) is 0 Å². The summed E-state index contributed by atoms with van der Waals surface area (Å²) in [4.78, 5) is 15.8. The molecule has 4 aliphatic heterocycles. The van der Waals surface area contributed by atoms with Gasteiger partial charge in [-0.15, -0.1) is 0 Å². The second-order valence-electron chi connectivity index (χ2n) is 8.73. The quantitative estimate of drug-likeness (QED) is 0.688. The average molecular weight is 425 g/mol. The van der Waals surface area contributed by atoms with Crippen LogP contribution in [-0.4, -0.2) is 82.9 Å². The van der Waals surface area contributed by atoms with Crippen molar-refractivity contribution in [3.05, 3.63) is 11.2 Å². The first-order valence-corrected chi connectivity index (χ1v) is 10.5. The highest BCUT2D eigenvalue weighted by Crippen LogP contribution is 2.39. The van der Waals surface area contributed by atoms with Gasteiger partial charge in [0.2, 0.25) is 5.95 Å². The van der Waals surface area contributed by atoms with E-state index >= 15 is 0 Å². The molecule has 0 N–H and O–H groups in total. The number of pyridine rings is 1. The van der Waals surface area contributed by atoms with Crippen LogP contribution in [0.25, 0.3) is 11.0 Å². The lowest BCUT2D eigenvalue weighted by Gasteiger charge is -2.37. The third-order valence-corrected chi connectivity index (χ3v) is 7.02. The van der Waals surface area contributed by atoms with Crippen molar-refractivity contribution < 1.29 is 13.5 Å². The number of ether oxygens (including phenoxy) is 1. The van der Waals surface area contributed by atoms with Crippen molar-refractivity contribution in [2.24, 2.45) is 7.05 Å². The fraction of sp³-hybridized carbons (Fsp3) is 0.684. The van der Waals surface area contributed by atoms with E-state index in [9.17, 15) is 8.78 Å². The zero-order valence-corrected chi connectivity index (χ0v) is 16.9. The predicted octanol–water partition coefficient (Wildman–Crippen LogP) is 2.13. The number of anilines is 2. The van der Waals surface area contributed by atoms with Crippen LogP contribution in [0.15, 0.2) is 6.07 Å². The third-order valence-electron chi connectivity index (χ3n) is 6.82. The lowest BCUT2D eigenvalue weighted by atomic mass is 10.1. The van der Waals surface area contributed by atoms with Crippen LogP contribution in [0.3, 0.4) is 0 Å². The fourth-order valence-corrected chi connectivity index (χ4v) is 5.64. The van der Waals surface area contributed by atoms with E-state index in [4.69, 9.17) is 21.3 Å². The van der Waals surface area contributed by atoms with E-state index in [0.29, 0.717) is 37.4 Å². The van der Waals surface area contributed by atoms with E-state index in [1.165, 1.54) is 0 Å².